The van der Waals surface area contributed by atoms with Crippen LogP contribution < -0.4 is 14.8 Å². The largest absolute Gasteiger partial charge is 0.486 e. The lowest BCUT2D eigenvalue weighted by atomic mass is 10.1. The first-order valence-electron chi connectivity index (χ1n) is 10.9. The highest BCUT2D eigenvalue weighted by Gasteiger charge is 2.32. The van der Waals surface area contributed by atoms with Gasteiger partial charge in [0.2, 0.25) is 10.0 Å². The number of hydrogen-bond donors (Lipinski definition) is 1. The molecule has 0 aromatic heterocycles. The van der Waals surface area contributed by atoms with E-state index < -0.39 is 10.0 Å². The standard InChI is InChI=1S/C23H27ClN2O6S/c1-15-13-26(14-16(2)32-15)33(28,29)19-5-3-18(4-6-19)23(27)25-8-7-17-11-20(24)22-21(12-17)30-9-10-31-22/h3-6,11-12,15-16H,7-10,13-14H2,1-2H3,(H,25,27)/t15-,16-/m1/s1. The number of carbonyl (C=O) groups excluding carboxylic acids is 1. The van der Waals surface area contributed by atoms with Gasteiger partial charge in [-0.3, -0.25) is 4.79 Å². The van der Waals surface area contributed by atoms with Crippen molar-refractivity contribution in [3.63, 3.8) is 0 Å². The summed E-state index contributed by atoms with van der Waals surface area (Å²) in [4.78, 5) is 12.7. The van der Waals surface area contributed by atoms with Gasteiger partial charge in [-0.2, -0.15) is 4.31 Å². The third-order valence-electron chi connectivity index (χ3n) is 5.50. The molecule has 1 fully saturated rings. The Labute approximate surface area is 198 Å². The minimum absolute atomic E-state index is 0.159. The van der Waals surface area contributed by atoms with Gasteiger partial charge in [-0.25, -0.2) is 8.42 Å². The number of sulfonamides is 1. The number of hydrogen-bond acceptors (Lipinski definition) is 6. The van der Waals surface area contributed by atoms with Gasteiger partial charge in [0, 0.05) is 25.2 Å². The molecule has 2 aromatic rings. The van der Waals surface area contributed by atoms with E-state index in [9.17, 15) is 13.2 Å². The van der Waals surface area contributed by atoms with Gasteiger partial charge in [0.05, 0.1) is 22.1 Å². The van der Waals surface area contributed by atoms with Gasteiger partial charge in [0.25, 0.3) is 5.91 Å². The van der Waals surface area contributed by atoms with Crippen LogP contribution in [0.1, 0.15) is 29.8 Å². The summed E-state index contributed by atoms with van der Waals surface area (Å²) < 4.78 is 44.1. The predicted octanol–water partition coefficient (Wildman–Crippen LogP) is 2.88. The van der Waals surface area contributed by atoms with Crippen LogP contribution in [0.15, 0.2) is 41.3 Å². The molecular weight excluding hydrogens is 468 g/mol. The van der Waals surface area contributed by atoms with Crippen LogP contribution in [0.3, 0.4) is 0 Å². The van der Waals surface area contributed by atoms with Crippen LogP contribution in [-0.2, 0) is 21.2 Å². The third-order valence-corrected chi connectivity index (χ3v) is 7.62. The molecule has 2 aliphatic rings. The van der Waals surface area contributed by atoms with E-state index in [1.807, 2.05) is 19.9 Å². The average molecular weight is 495 g/mol. The van der Waals surface area contributed by atoms with Crippen molar-refractivity contribution in [2.45, 2.75) is 37.4 Å². The summed E-state index contributed by atoms with van der Waals surface area (Å²) in [6.45, 7) is 5.64. The second-order valence-electron chi connectivity index (χ2n) is 8.21. The Morgan fingerprint density at radius 2 is 1.76 bits per heavy atom. The molecule has 2 aliphatic heterocycles. The monoisotopic (exact) mass is 494 g/mol. The molecule has 0 radical (unpaired) electrons. The van der Waals surface area contributed by atoms with Crippen molar-refractivity contribution in [2.75, 3.05) is 32.8 Å². The van der Waals surface area contributed by atoms with E-state index in [4.69, 9.17) is 25.8 Å². The summed E-state index contributed by atoms with van der Waals surface area (Å²) in [5, 5.41) is 3.33. The van der Waals surface area contributed by atoms with Gasteiger partial charge in [-0.1, -0.05) is 11.6 Å². The van der Waals surface area contributed by atoms with Crippen LogP contribution in [0.4, 0.5) is 0 Å². The highest BCUT2D eigenvalue weighted by atomic mass is 35.5. The predicted molar refractivity (Wildman–Crippen MR) is 124 cm³/mol. The maximum atomic E-state index is 13.0. The van der Waals surface area contributed by atoms with Crippen LogP contribution in [0.5, 0.6) is 11.5 Å². The van der Waals surface area contributed by atoms with Crippen molar-refractivity contribution in [1.29, 1.82) is 0 Å². The Morgan fingerprint density at radius 1 is 1.09 bits per heavy atom. The second-order valence-corrected chi connectivity index (χ2v) is 10.6. The van der Waals surface area contributed by atoms with Crippen LogP contribution in [0, 0.1) is 0 Å². The van der Waals surface area contributed by atoms with Gasteiger partial charge < -0.3 is 19.5 Å². The number of morpholine rings is 1. The molecule has 4 rings (SSSR count). The molecule has 2 aromatic carbocycles. The second kappa shape index (κ2) is 9.89. The number of nitrogens with one attached hydrogen (secondary N) is 1. The third kappa shape index (κ3) is 5.43. The van der Waals surface area contributed by atoms with Crippen LogP contribution in [0.2, 0.25) is 5.02 Å². The van der Waals surface area contributed by atoms with Crippen molar-refractivity contribution < 1.29 is 27.4 Å². The number of nitrogens with zero attached hydrogens (tertiary/aromatic N) is 1. The molecule has 0 saturated carbocycles. The Kier molecular flexibility index (Phi) is 7.13. The fourth-order valence-corrected chi connectivity index (χ4v) is 5.86. The maximum Gasteiger partial charge on any atom is 0.251 e. The van der Waals surface area contributed by atoms with Crippen molar-refractivity contribution in [3.05, 3.63) is 52.5 Å². The SMILES string of the molecule is C[C@@H]1CN(S(=O)(=O)c2ccc(C(=O)NCCc3cc(Cl)c4c(c3)OCCO4)cc2)C[C@@H](C)O1. The van der Waals surface area contributed by atoms with Crippen molar-refractivity contribution in [2.24, 2.45) is 0 Å². The number of fused-ring (bicyclic) bond motifs is 1. The Hall–Kier alpha value is -2.33. The zero-order valence-electron chi connectivity index (χ0n) is 18.5. The minimum Gasteiger partial charge on any atom is -0.486 e. The minimum atomic E-state index is -3.65. The fourth-order valence-electron chi connectivity index (χ4n) is 3.99. The van der Waals surface area contributed by atoms with Gasteiger partial charge in [0.15, 0.2) is 11.5 Å². The number of carbonyl (C=O) groups is 1. The van der Waals surface area contributed by atoms with E-state index in [-0.39, 0.29) is 23.0 Å². The number of amides is 1. The van der Waals surface area contributed by atoms with E-state index in [1.165, 1.54) is 28.6 Å². The quantitative estimate of drug-likeness (QED) is 0.663. The molecule has 2 atom stereocenters. The average Bonchev–Trinajstić information content (AvgIpc) is 2.78. The molecule has 178 valence electrons. The highest BCUT2D eigenvalue weighted by molar-refractivity contribution is 7.89. The zero-order chi connectivity index (χ0) is 23.6. The van der Waals surface area contributed by atoms with Crippen molar-refractivity contribution >= 4 is 27.5 Å². The van der Waals surface area contributed by atoms with E-state index in [0.717, 1.165) is 5.56 Å². The molecule has 0 unspecified atom stereocenters. The molecule has 2 heterocycles. The van der Waals surface area contributed by atoms with Gasteiger partial charge >= 0.3 is 0 Å². The Morgan fingerprint density at radius 3 is 2.45 bits per heavy atom. The summed E-state index contributed by atoms with van der Waals surface area (Å²) in [6.07, 6.45) is 0.220. The van der Waals surface area contributed by atoms with Crippen LogP contribution in [-0.4, -0.2) is 63.7 Å². The lowest BCUT2D eigenvalue weighted by Gasteiger charge is -2.34. The Balaban J connectivity index is 1.35. The summed E-state index contributed by atoms with van der Waals surface area (Å²) in [7, 11) is -3.65. The molecule has 0 aliphatic carbocycles. The molecule has 10 heteroatoms. The fraction of sp³-hybridized carbons (Fsp3) is 0.435. The highest BCUT2D eigenvalue weighted by Crippen LogP contribution is 2.38. The molecule has 33 heavy (non-hydrogen) atoms. The van der Waals surface area contributed by atoms with E-state index >= 15 is 0 Å². The van der Waals surface area contributed by atoms with Gasteiger partial charge in [-0.05, 0) is 62.2 Å². The Bertz CT molecular complexity index is 1110. The number of rotatable bonds is 6. The van der Waals surface area contributed by atoms with Gasteiger partial charge in [0.1, 0.15) is 13.2 Å². The first kappa shape index (κ1) is 23.8. The smallest absolute Gasteiger partial charge is 0.251 e. The van der Waals surface area contributed by atoms with E-state index in [2.05, 4.69) is 5.32 Å². The van der Waals surface area contributed by atoms with Crippen molar-refractivity contribution in [1.82, 2.24) is 9.62 Å². The lowest BCUT2D eigenvalue weighted by Crippen LogP contribution is -2.48. The number of benzene rings is 2. The summed E-state index contributed by atoms with van der Waals surface area (Å²) in [5.41, 5.74) is 1.30. The van der Waals surface area contributed by atoms with Crippen molar-refractivity contribution in [3.8, 4) is 11.5 Å². The normalized spacial score (nSPS) is 20.9. The molecule has 1 N–H and O–H groups in total. The molecule has 0 spiro atoms. The first-order valence-corrected chi connectivity index (χ1v) is 12.7. The number of halogens is 1. The lowest BCUT2D eigenvalue weighted by molar-refractivity contribution is -0.0440. The first-order chi connectivity index (χ1) is 15.7. The topological polar surface area (TPSA) is 94.2 Å². The van der Waals surface area contributed by atoms with E-state index in [0.29, 0.717) is 61.4 Å². The molecule has 1 amide bonds. The zero-order valence-corrected chi connectivity index (χ0v) is 20.1. The summed E-state index contributed by atoms with van der Waals surface area (Å²) in [5.74, 6) is 0.874. The number of ether oxygens (including phenoxy) is 3. The molecule has 8 nitrogen and oxygen atoms in total. The maximum absolute atomic E-state index is 13.0. The van der Waals surface area contributed by atoms with Crippen LogP contribution >= 0.6 is 11.6 Å². The summed E-state index contributed by atoms with van der Waals surface area (Å²) >= 11 is 6.26. The van der Waals surface area contributed by atoms with E-state index in [1.54, 1.807) is 6.07 Å². The van der Waals surface area contributed by atoms with Gasteiger partial charge in [-0.15, -0.1) is 0 Å². The van der Waals surface area contributed by atoms with Crippen LogP contribution in [0.25, 0.3) is 0 Å². The molecular formula is C23H27ClN2O6S. The summed E-state index contributed by atoms with van der Waals surface area (Å²) in [6, 6.07) is 9.64. The molecule has 0 bridgehead atoms. The molecule has 1 saturated heterocycles.